The van der Waals surface area contributed by atoms with Gasteiger partial charge < -0.3 is 9.31 Å². The van der Waals surface area contributed by atoms with Gasteiger partial charge in [-0.05, 0) is 59.1 Å². The van der Waals surface area contributed by atoms with Crippen molar-refractivity contribution >= 4 is 25.0 Å². The van der Waals surface area contributed by atoms with E-state index in [0.29, 0.717) is 0 Å². The van der Waals surface area contributed by atoms with Crippen LogP contribution in [-0.2, 0) is 9.31 Å². The first-order valence-electron chi connectivity index (χ1n) is 6.02. The first kappa shape index (κ1) is 15.5. The van der Waals surface area contributed by atoms with Gasteiger partial charge in [-0.1, -0.05) is 0 Å². The van der Waals surface area contributed by atoms with Gasteiger partial charge in [-0.15, -0.1) is 12.4 Å². The molecule has 0 radical (unpaired) electrons. The summed E-state index contributed by atoms with van der Waals surface area (Å²) >= 11 is 0. The standard InChI is InChI=1S/C13H20BNO2.ClH/c1-9-7-11(8-10(2)15-9)14-16-12(3,4)13(5,6)17-14;/h7-8H,1-6H3;1H. The maximum atomic E-state index is 6.01. The summed E-state index contributed by atoms with van der Waals surface area (Å²) in [6.07, 6.45) is 0. The number of hydrogen-bond acceptors (Lipinski definition) is 3. The molecule has 1 aliphatic heterocycles. The molecule has 100 valence electrons. The van der Waals surface area contributed by atoms with Crippen molar-refractivity contribution < 1.29 is 9.31 Å². The highest BCUT2D eigenvalue weighted by Crippen LogP contribution is 2.36. The monoisotopic (exact) mass is 269 g/mol. The zero-order chi connectivity index (χ0) is 12.8. The van der Waals surface area contributed by atoms with Crippen molar-refractivity contribution in [3.63, 3.8) is 0 Å². The minimum Gasteiger partial charge on any atom is -0.399 e. The SMILES string of the molecule is Cc1cc(B2OC(C)(C)C(C)(C)O2)cc(C)n1.Cl. The molecule has 0 spiro atoms. The minimum absolute atomic E-state index is 0. The molecule has 0 aromatic carbocycles. The maximum absolute atomic E-state index is 6.01. The molecule has 0 saturated carbocycles. The van der Waals surface area contributed by atoms with Crippen LogP contribution in [0.15, 0.2) is 12.1 Å². The Bertz CT molecular complexity index is 412. The molecule has 1 aliphatic rings. The number of nitrogens with zero attached hydrogens (tertiary/aromatic N) is 1. The first-order valence-corrected chi connectivity index (χ1v) is 6.02. The molecule has 1 fully saturated rings. The normalized spacial score (nSPS) is 20.7. The second-order valence-corrected chi connectivity index (χ2v) is 5.77. The highest BCUT2D eigenvalue weighted by Gasteiger charge is 2.51. The second kappa shape index (κ2) is 4.84. The summed E-state index contributed by atoms with van der Waals surface area (Å²) in [6, 6.07) is 4.05. The highest BCUT2D eigenvalue weighted by molar-refractivity contribution is 6.62. The lowest BCUT2D eigenvalue weighted by molar-refractivity contribution is 0.00578. The average molecular weight is 270 g/mol. The van der Waals surface area contributed by atoms with Crippen LogP contribution in [0.1, 0.15) is 39.1 Å². The Balaban J connectivity index is 0.00000162. The van der Waals surface area contributed by atoms with E-state index in [2.05, 4.69) is 32.7 Å². The van der Waals surface area contributed by atoms with Crippen LogP contribution < -0.4 is 5.46 Å². The summed E-state index contributed by atoms with van der Waals surface area (Å²) in [4.78, 5) is 4.37. The number of hydrogen-bond donors (Lipinski definition) is 0. The van der Waals surface area contributed by atoms with Crippen molar-refractivity contribution in [3.8, 4) is 0 Å². The Hall–Kier alpha value is -0.575. The molecule has 3 nitrogen and oxygen atoms in total. The smallest absolute Gasteiger partial charge is 0.399 e. The number of rotatable bonds is 1. The molecule has 1 aromatic rings. The largest absolute Gasteiger partial charge is 0.494 e. The van der Waals surface area contributed by atoms with Gasteiger partial charge >= 0.3 is 7.12 Å². The van der Waals surface area contributed by atoms with E-state index >= 15 is 0 Å². The molecule has 18 heavy (non-hydrogen) atoms. The van der Waals surface area contributed by atoms with E-state index in [1.807, 2.05) is 26.0 Å². The molecular weight excluding hydrogens is 248 g/mol. The second-order valence-electron chi connectivity index (χ2n) is 5.77. The van der Waals surface area contributed by atoms with Crippen molar-refractivity contribution in [1.82, 2.24) is 4.98 Å². The molecule has 0 atom stereocenters. The Morgan fingerprint density at radius 1 is 0.944 bits per heavy atom. The van der Waals surface area contributed by atoms with Crippen LogP contribution >= 0.6 is 12.4 Å². The van der Waals surface area contributed by atoms with Crippen molar-refractivity contribution in [1.29, 1.82) is 0 Å². The van der Waals surface area contributed by atoms with Crippen LogP contribution in [0.2, 0.25) is 0 Å². The Kier molecular flexibility index (Phi) is 4.16. The quantitative estimate of drug-likeness (QED) is 0.734. The van der Waals surface area contributed by atoms with Gasteiger partial charge in [0.25, 0.3) is 0 Å². The fraction of sp³-hybridized carbons (Fsp3) is 0.615. The molecule has 5 heteroatoms. The van der Waals surface area contributed by atoms with Crippen LogP contribution in [0, 0.1) is 13.8 Å². The summed E-state index contributed by atoms with van der Waals surface area (Å²) in [5, 5.41) is 0. The molecule has 0 bridgehead atoms. The van der Waals surface area contributed by atoms with Crippen molar-refractivity contribution in [2.45, 2.75) is 52.7 Å². The predicted octanol–water partition coefficient (Wildman–Crippen LogP) is 2.42. The van der Waals surface area contributed by atoms with Gasteiger partial charge in [0.05, 0.1) is 11.2 Å². The van der Waals surface area contributed by atoms with Gasteiger partial charge in [-0.2, -0.15) is 0 Å². The first-order chi connectivity index (χ1) is 7.71. The maximum Gasteiger partial charge on any atom is 0.494 e. The van der Waals surface area contributed by atoms with Crippen molar-refractivity contribution in [2.24, 2.45) is 0 Å². The van der Waals surface area contributed by atoms with Gasteiger partial charge in [0.2, 0.25) is 0 Å². The van der Waals surface area contributed by atoms with Crippen molar-refractivity contribution in [3.05, 3.63) is 23.5 Å². The molecule has 2 rings (SSSR count). The Morgan fingerprint density at radius 3 is 1.72 bits per heavy atom. The summed E-state index contributed by atoms with van der Waals surface area (Å²) in [6.45, 7) is 12.2. The van der Waals surface area contributed by atoms with E-state index in [9.17, 15) is 0 Å². The lowest BCUT2D eigenvalue weighted by Crippen LogP contribution is -2.41. The third kappa shape index (κ3) is 2.71. The molecule has 1 saturated heterocycles. The fourth-order valence-corrected chi connectivity index (χ4v) is 1.98. The summed E-state index contributed by atoms with van der Waals surface area (Å²) in [7, 11) is -0.291. The predicted molar refractivity (Wildman–Crippen MR) is 76.7 cm³/mol. The van der Waals surface area contributed by atoms with Crippen LogP contribution in [-0.4, -0.2) is 23.3 Å². The third-order valence-corrected chi connectivity index (χ3v) is 3.63. The van der Waals surface area contributed by atoms with Crippen LogP contribution in [0.25, 0.3) is 0 Å². The third-order valence-electron chi connectivity index (χ3n) is 3.63. The topological polar surface area (TPSA) is 31.4 Å². The molecule has 0 aliphatic carbocycles. The molecular formula is C13H21BClNO2. The molecule has 1 aromatic heterocycles. The van der Waals surface area contributed by atoms with Gasteiger partial charge in [0.1, 0.15) is 0 Å². The molecule has 0 N–H and O–H groups in total. The van der Waals surface area contributed by atoms with Gasteiger partial charge in [-0.3, -0.25) is 4.98 Å². The van der Waals surface area contributed by atoms with E-state index in [1.165, 1.54) is 0 Å². The van der Waals surface area contributed by atoms with Gasteiger partial charge in [-0.25, -0.2) is 0 Å². The van der Waals surface area contributed by atoms with E-state index in [0.717, 1.165) is 16.9 Å². The number of halogens is 1. The van der Waals surface area contributed by atoms with E-state index < -0.39 is 0 Å². The molecule has 0 amide bonds. The zero-order valence-corrected chi connectivity index (χ0v) is 12.7. The minimum atomic E-state index is -0.291. The van der Waals surface area contributed by atoms with Crippen LogP contribution in [0.3, 0.4) is 0 Å². The van der Waals surface area contributed by atoms with Gasteiger partial charge in [0, 0.05) is 11.4 Å². The summed E-state index contributed by atoms with van der Waals surface area (Å²) < 4.78 is 12.0. The molecule has 0 unspecified atom stereocenters. The van der Waals surface area contributed by atoms with E-state index in [-0.39, 0.29) is 30.7 Å². The number of aromatic nitrogens is 1. The Morgan fingerprint density at radius 2 is 1.33 bits per heavy atom. The fourth-order valence-electron chi connectivity index (χ4n) is 1.98. The van der Waals surface area contributed by atoms with Crippen molar-refractivity contribution in [2.75, 3.05) is 0 Å². The van der Waals surface area contributed by atoms with Gasteiger partial charge in [0.15, 0.2) is 0 Å². The lowest BCUT2D eigenvalue weighted by Gasteiger charge is -2.32. The highest BCUT2D eigenvalue weighted by atomic mass is 35.5. The van der Waals surface area contributed by atoms with Crippen LogP contribution in [0.4, 0.5) is 0 Å². The Labute approximate surface area is 116 Å². The number of aryl methyl sites for hydroxylation is 2. The van der Waals surface area contributed by atoms with E-state index in [1.54, 1.807) is 0 Å². The molecule has 2 heterocycles. The van der Waals surface area contributed by atoms with E-state index in [4.69, 9.17) is 9.31 Å². The van der Waals surface area contributed by atoms with Crippen LogP contribution in [0.5, 0.6) is 0 Å². The summed E-state index contributed by atoms with van der Waals surface area (Å²) in [5.74, 6) is 0. The summed E-state index contributed by atoms with van der Waals surface area (Å²) in [5.41, 5.74) is 2.46. The zero-order valence-electron chi connectivity index (χ0n) is 11.9. The lowest BCUT2D eigenvalue weighted by atomic mass is 9.79. The number of pyridine rings is 1. The average Bonchev–Trinajstić information content (AvgIpc) is 2.34.